The number of ether oxygens (including phenoxy) is 2. The van der Waals surface area contributed by atoms with Gasteiger partial charge in [0.25, 0.3) is 0 Å². The highest BCUT2D eigenvalue weighted by Crippen LogP contribution is 2.31. The molecule has 37 heavy (non-hydrogen) atoms. The van der Waals surface area contributed by atoms with E-state index in [4.69, 9.17) is 9.47 Å². The first kappa shape index (κ1) is 26.4. The second-order valence-corrected chi connectivity index (χ2v) is 10.1. The SMILES string of the molecule is COC(=O)c1ccc(N(C(=O)Cc2cccs2)C(C(=O)NC2CCCCC2)c2ccc(OC)cc2)cc1. The molecule has 1 fully saturated rings. The number of rotatable bonds is 9. The highest BCUT2D eigenvalue weighted by Gasteiger charge is 2.34. The molecule has 1 aliphatic carbocycles. The van der Waals surface area contributed by atoms with Crippen molar-refractivity contribution in [3.8, 4) is 5.75 Å². The fourth-order valence-corrected chi connectivity index (χ4v) is 5.39. The van der Waals surface area contributed by atoms with Crippen molar-refractivity contribution in [2.75, 3.05) is 19.1 Å². The van der Waals surface area contributed by atoms with Crippen LogP contribution < -0.4 is 15.0 Å². The zero-order valence-electron chi connectivity index (χ0n) is 21.1. The zero-order chi connectivity index (χ0) is 26.2. The smallest absolute Gasteiger partial charge is 0.337 e. The van der Waals surface area contributed by atoms with E-state index in [0.717, 1.165) is 30.6 Å². The fourth-order valence-electron chi connectivity index (χ4n) is 4.69. The summed E-state index contributed by atoms with van der Waals surface area (Å²) in [4.78, 5) is 42.2. The molecule has 0 aliphatic heterocycles. The maximum atomic E-state index is 13.9. The number of thiophene rings is 1. The Morgan fingerprint density at radius 2 is 1.68 bits per heavy atom. The van der Waals surface area contributed by atoms with Crippen LogP contribution in [0.5, 0.6) is 5.75 Å². The maximum Gasteiger partial charge on any atom is 0.337 e. The summed E-state index contributed by atoms with van der Waals surface area (Å²) in [5.74, 6) is -0.250. The average Bonchev–Trinajstić information content (AvgIpc) is 3.45. The Kier molecular flexibility index (Phi) is 8.95. The molecular weight excluding hydrogens is 488 g/mol. The van der Waals surface area contributed by atoms with Gasteiger partial charge in [-0.15, -0.1) is 11.3 Å². The second kappa shape index (κ2) is 12.5. The zero-order valence-corrected chi connectivity index (χ0v) is 22.0. The number of carbonyl (C=O) groups excluding carboxylic acids is 3. The Bertz CT molecular complexity index is 1190. The Balaban J connectivity index is 1.75. The van der Waals surface area contributed by atoms with Crippen LogP contribution in [0.25, 0.3) is 0 Å². The number of benzene rings is 2. The van der Waals surface area contributed by atoms with Crippen molar-refractivity contribution in [2.45, 2.75) is 50.6 Å². The van der Waals surface area contributed by atoms with E-state index in [9.17, 15) is 14.4 Å². The normalized spacial score (nSPS) is 14.4. The third kappa shape index (κ3) is 6.57. The van der Waals surface area contributed by atoms with Crippen LogP contribution in [-0.4, -0.2) is 38.0 Å². The van der Waals surface area contributed by atoms with E-state index in [1.807, 2.05) is 29.6 Å². The van der Waals surface area contributed by atoms with Gasteiger partial charge >= 0.3 is 5.97 Å². The number of nitrogens with zero attached hydrogens (tertiary/aromatic N) is 1. The van der Waals surface area contributed by atoms with Crippen molar-refractivity contribution >= 4 is 34.8 Å². The summed E-state index contributed by atoms with van der Waals surface area (Å²) in [5.41, 5.74) is 1.56. The Morgan fingerprint density at radius 1 is 0.973 bits per heavy atom. The van der Waals surface area contributed by atoms with Crippen molar-refractivity contribution in [1.29, 1.82) is 0 Å². The molecule has 7 nitrogen and oxygen atoms in total. The van der Waals surface area contributed by atoms with Gasteiger partial charge in [0, 0.05) is 16.6 Å². The number of methoxy groups -OCH3 is 2. The molecule has 1 aliphatic rings. The van der Waals surface area contributed by atoms with Crippen LogP contribution in [0.15, 0.2) is 66.0 Å². The van der Waals surface area contributed by atoms with E-state index >= 15 is 0 Å². The molecule has 3 aromatic rings. The van der Waals surface area contributed by atoms with Crippen molar-refractivity contribution in [3.63, 3.8) is 0 Å². The molecule has 0 bridgehead atoms. The van der Waals surface area contributed by atoms with Crippen LogP contribution in [-0.2, 0) is 20.7 Å². The Morgan fingerprint density at radius 3 is 2.27 bits per heavy atom. The van der Waals surface area contributed by atoms with E-state index in [1.54, 1.807) is 48.4 Å². The molecule has 1 saturated carbocycles. The molecule has 1 heterocycles. The number of hydrogen-bond donors (Lipinski definition) is 1. The summed E-state index contributed by atoms with van der Waals surface area (Å²) < 4.78 is 10.1. The largest absolute Gasteiger partial charge is 0.497 e. The van der Waals surface area contributed by atoms with E-state index in [1.165, 1.54) is 24.9 Å². The Hall–Kier alpha value is -3.65. The summed E-state index contributed by atoms with van der Waals surface area (Å²) in [6.07, 6.45) is 5.34. The summed E-state index contributed by atoms with van der Waals surface area (Å²) >= 11 is 1.50. The maximum absolute atomic E-state index is 13.9. The number of anilines is 1. The lowest BCUT2D eigenvalue weighted by atomic mass is 9.94. The second-order valence-electron chi connectivity index (χ2n) is 9.08. The number of carbonyl (C=O) groups is 3. The highest BCUT2D eigenvalue weighted by molar-refractivity contribution is 7.10. The molecule has 1 N–H and O–H groups in total. The molecule has 0 saturated heterocycles. The first-order chi connectivity index (χ1) is 18.0. The summed E-state index contributed by atoms with van der Waals surface area (Å²) in [7, 11) is 2.91. The van der Waals surface area contributed by atoms with Gasteiger partial charge < -0.3 is 14.8 Å². The number of hydrogen-bond acceptors (Lipinski definition) is 6. The molecule has 2 amide bonds. The number of esters is 1. The van der Waals surface area contributed by atoms with Gasteiger partial charge in [-0.25, -0.2) is 4.79 Å². The van der Waals surface area contributed by atoms with Gasteiger partial charge in [0.1, 0.15) is 11.8 Å². The summed E-state index contributed by atoms with van der Waals surface area (Å²) in [5, 5.41) is 5.14. The van der Waals surface area contributed by atoms with Crippen LogP contribution in [0, 0.1) is 0 Å². The van der Waals surface area contributed by atoms with E-state index in [2.05, 4.69) is 5.32 Å². The van der Waals surface area contributed by atoms with Gasteiger partial charge in [0.15, 0.2) is 0 Å². The minimum Gasteiger partial charge on any atom is -0.497 e. The Labute approximate surface area is 221 Å². The molecule has 194 valence electrons. The lowest BCUT2D eigenvalue weighted by Crippen LogP contribution is -2.47. The first-order valence-corrected chi connectivity index (χ1v) is 13.3. The van der Waals surface area contributed by atoms with E-state index in [-0.39, 0.29) is 24.3 Å². The lowest BCUT2D eigenvalue weighted by molar-refractivity contribution is -0.127. The third-order valence-corrected chi connectivity index (χ3v) is 7.51. The predicted octanol–water partition coefficient (Wildman–Crippen LogP) is 5.31. The topological polar surface area (TPSA) is 84.9 Å². The summed E-state index contributed by atoms with van der Waals surface area (Å²) in [6, 6.07) is 16.8. The highest BCUT2D eigenvalue weighted by atomic mass is 32.1. The van der Waals surface area contributed by atoms with Crippen LogP contribution in [0.3, 0.4) is 0 Å². The van der Waals surface area contributed by atoms with Gasteiger partial charge in [-0.05, 0) is 66.2 Å². The average molecular weight is 521 g/mol. The number of nitrogens with one attached hydrogen (secondary N) is 1. The molecule has 0 spiro atoms. The summed E-state index contributed by atoms with van der Waals surface area (Å²) in [6.45, 7) is 0. The standard InChI is InChI=1S/C29H32N2O5S/c1-35-24-16-12-20(13-17-24)27(28(33)30-22-7-4-3-5-8-22)31(26(32)19-25-9-6-18-37-25)23-14-10-21(11-15-23)29(34)36-2/h6,9-18,22,27H,3-5,7-8,19H2,1-2H3,(H,30,33). The molecule has 0 radical (unpaired) electrons. The van der Waals surface area contributed by atoms with Crippen LogP contribution >= 0.6 is 11.3 Å². The van der Waals surface area contributed by atoms with Gasteiger partial charge in [-0.2, -0.15) is 0 Å². The molecule has 1 atom stereocenters. The number of amides is 2. The van der Waals surface area contributed by atoms with Crippen LogP contribution in [0.2, 0.25) is 0 Å². The van der Waals surface area contributed by atoms with Crippen molar-refractivity contribution in [1.82, 2.24) is 5.32 Å². The molecule has 1 unspecified atom stereocenters. The quantitative estimate of drug-likeness (QED) is 0.387. The minimum atomic E-state index is -0.899. The van der Waals surface area contributed by atoms with Gasteiger partial charge in [0.2, 0.25) is 11.8 Å². The first-order valence-electron chi connectivity index (χ1n) is 12.5. The molecule has 8 heteroatoms. The van der Waals surface area contributed by atoms with E-state index < -0.39 is 12.0 Å². The monoisotopic (exact) mass is 520 g/mol. The van der Waals surface area contributed by atoms with Gasteiger partial charge in [0.05, 0.1) is 26.2 Å². The minimum absolute atomic E-state index is 0.0814. The molecular formula is C29H32N2O5S. The van der Waals surface area contributed by atoms with Crippen LogP contribution in [0.4, 0.5) is 5.69 Å². The lowest BCUT2D eigenvalue weighted by Gasteiger charge is -2.33. The van der Waals surface area contributed by atoms with Crippen molar-refractivity contribution in [2.24, 2.45) is 0 Å². The molecule has 2 aromatic carbocycles. The molecule has 1 aromatic heterocycles. The van der Waals surface area contributed by atoms with Crippen LogP contribution in [0.1, 0.15) is 58.9 Å². The van der Waals surface area contributed by atoms with Crippen molar-refractivity contribution < 1.29 is 23.9 Å². The third-order valence-electron chi connectivity index (χ3n) is 6.63. The van der Waals surface area contributed by atoms with Crippen molar-refractivity contribution in [3.05, 3.63) is 82.0 Å². The molecule has 4 rings (SSSR count). The fraction of sp³-hybridized carbons (Fsp3) is 0.345. The predicted molar refractivity (Wildman–Crippen MR) is 144 cm³/mol. The van der Waals surface area contributed by atoms with E-state index in [0.29, 0.717) is 22.6 Å². The van der Waals surface area contributed by atoms with Gasteiger partial charge in [-0.3, -0.25) is 14.5 Å². The van der Waals surface area contributed by atoms with Gasteiger partial charge in [-0.1, -0.05) is 37.5 Å².